The summed E-state index contributed by atoms with van der Waals surface area (Å²) in [5, 5.41) is 7.28. The molecule has 5 heteroatoms. The number of amides is 1. The number of hydrogen-bond donors (Lipinski definition) is 1. The van der Waals surface area contributed by atoms with Crippen molar-refractivity contribution in [1.29, 1.82) is 0 Å². The molecule has 2 saturated heterocycles. The van der Waals surface area contributed by atoms with Crippen molar-refractivity contribution < 1.29 is 9.53 Å². The first-order valence-electron chi connectivity index (χ1n) is 9.48. The van der Waals surface area contributed by atoms with E-state index in [1.807, 2.05) is 26.8 Å². The van der Waals surface area contributed by atoms with Gasteiger partial charge in [-0.2, -0.15) is 5.10 Å². The summed E-state index contributed by atoms with van der Waals surface area (Å²) < 4.78 is 5.60. The quantitative estimate of drug-likeness (QED) is 0.919. The van der Waals surface area contributed by atoms with Crippen LogP contribution in [0.5, 0.6) is 0 Å². The molecule has 2 fully saturated rings. The number of hydrogen-bond acceptors (Lipinski definition) is 3. The van der Waals surface area contributed by atoms with Gasteiger partial charge in [0.25, 0.3) is 0 Å². The summed E-state index contributed by atoms with van der Waals surface area (Å²) in [6.07, 6.45) is 2.04. The lowest BCUT2D eigenvalue weighted by Gasteiger charge is -2.60. The van der Waals surface area contributed by atoms with Crippen LogP contribution in [0.3, 0.4) is 0 Å². The molecule has 2 aromatic rings. The van der Waals surface area contributed by atoms with E-state index in [2.05, 4.69) is 39.4 Å². The molecule has 3 heterocycles. The van der Waals surface area contributed by atoms with Gasteiger partial charge in [-0.1, -0.05) is 30.3 Å². The molecule has 0 saturated carbocycles. The molecule has 1 amide bonds. The van der Waals surface area contributed by atoms with Crippen LogP contribution in [-0.2, 0) is 9.53 Å². The Kier molecular flexibility index (Phi) is 4.35. The van der Waals surface area contributed by atoms with Crippen molar-refractivity contribution in [2.75, 3.05) is 19.8 Å². The van der Waals surface area contributed by atoms with Gasteiger partial charge in [-0.05, 0) is 39.2 Å². The second-order valence-corrected chi connectivity index (χ2v) is 7.82. The molecule has 2 unspecified atom stereocenters. The summed E-state index contributed by atoms with van der Waals surface area (Å²) in [4.78, 5) is 15.5. The zero-order chi connectivity index (χ0) is 18.3. The number of aryl methyl sites for hydroxylation is 2. The van der Waals surface area contributed by atoms with Gasteiger partial charge in [-0.3, -0.25) is 9.89 Å². The number of rotatable bonds is 3. The Balaban J connectivity index is 1.64. The molecule has 1 aromatic carbocycles. The number of aromatic nitrogens is 2. The molecule has 0 aliphatic carbocycles. The van der Waals surface area contributed by atoms with Crippen LogP contribution in [0.15, 0.2) is 30.3 Å². The molecule has 2 aliphatic rings. The van der Waals surface area contributed by atoms with Gasteiger partial charge in [-0.25, -0.2) is 0 Å². The zero-order valence-electron chi connectivity index (χ0n) is 15.8. The number of benzene rings is 1. The minimum atomic E-state index is -0.183. The Labute approximate surface area is 154 Å². The van der Waals surface area contributed by atoms with Gasteiger partial charge in [0.05, 0.1) is 17.7 Å². The van der Waals surface area contributed by atoms with Crippen LogP contribution in [0.2, 0.25) is 0 Å². The predicted molar refractivity (Wildman–Crippen MR) is 99.9 cm³/mol. The van der Waals surface area contributed by atoms with Gasteiger partial charge in [0.1, 0.15) is 0 Å². The normalized spacial score (nSPS) is 22.9. The molecule has 2 atom stereocenters. The largest absolute Gasteiger partial charge is 0.381 e. The fourth-order valence-corrected chi connectivity index (χ4v) is 4.89. The Morgan fingerprint density at radius 1 is 1.27 bits per heavy atom. The lowest BCUT2D eigenvalue weighted by atomic mass is 9.63. The summed E-state index contributed by atoms with van der Waals surface area (Å²) in [7, 11) is 0. The maximum absolute atomic E-state index is 13.4. The third-order valence-corrected chi connectivity index (χ3v) is 6.25. The van der Waals surface area contributed by atoms with Crippen LogP contribution < -0.4 is 0 Å². The zero-order valence-corrected chi connectivity index (χ0v) is 15.8. The van der Waals surface area contributed by atoms with E-state index in [0.29, 0.717) is 0 Å². The monoisotopic (exact) mass is 353 g/mol. The summed E-state index contributed by atoms with van der Waals surface area (Å²) in [5.41, 5.74) is 4.34. The maximum atomic E-state index is 13.4. The fourth-order valence-electron chi connectivity index (χ4n) is 4.89. The Morgan fingerprint density at radius 2 is 1.96 bits per heavy atom. The second-order valence-electron chi connectivity index (χ2n) is 7.82. The Hall–Kier alpha value is -2.14. The lowest BCUT2D eigenvalue weighted by Crippen LogP contribution is -2.62. The summed E-state index contributed by atoms with van der Waals surface area (Å²) in [6, 6.07) is 10.6. The summed E-state index contributed by atoms with van der Waals surface area (Å²) in [5.74, 6) is 0.0146. The van der Waals surface area contributed by atoms with E-state index in [1.54, 1.807) is 0 Å². The first kappa shape index (κ1) is 17.3. The van der Waals surface area contributed by atoms with Crippen molar-refractivity contribution in [2.45, 2.75) is 45.6 Å². The number of carbonyl (C=O) groups excluding carboxylic acids is 1. The van der Waals surface area contributed by atoms with Crippen molar-refractivity contribution in [1.82, 2.24) is 15.1 Å². The van der Waals surface area contributed by atoms with E-state index in [0.717, 1.165) is 49.6 Å². The minimum absolute atomic E-state index is 0.148. The molecule has 26 heavy (non-hydrogen) atoms. The number of ether oxygens (including phenoxy) is 1. The van der Waals surface area contributed by atoms with Gasteiger partial charge < -0.3 is 9.64 Å². The molecule has 1 aromatic heterocycles. The van der Waals surface area contributed by atoms with Crippen LogP contribution in [-0.4, -0.2) is 40.8 Å². The SMILES string of the molecule is Cc1n[nH]c(C)c1C(C)C(=O)N1CC2(CCOCC2)C1c1ccccc1. The standard InChI is InChI=1S/C21H27N3O2/c1-14(18-15(2)22-23-16(18)3)20(25)24-13-21(9-11-26-12-10-21)19(24)17-7-5-4-6-8-17/h4-8,14,19H,9-13H2,1-3H3,(H,22,23). The molecule has 0 bridgehead atoms. The third-order valence-electron chi connectivity index (χ3n) is 6.25. The molecule has 1 spiro atoms. The van der Waals surface area contributed by atoms with Gasteiger partial charge in [0.15, 0.2) is 0 Å². The maximum Gasteiger partial charge on any atom is 0.230 e. The molecule has 2 aliphatic heterocycles. The van der Waals surface area contributed by atoms with E-state index in [9.17, 15) is 4.79 Å². The number of likely N-dealkylation sites (tertiary alicyclic amines) is 1. The molecular formula is C21H27N3O2. The van der Waals surface area contributed by atoms with Crippen molar-refractivity contribution in [2.24, 2.45) is 5.41 Å². The second kappa shape index (κ2) is 6.54. The highest BCUT2D eigenvalue weighted by Crippen LogP contribution is 2.55. The molecular weight excluding hydrogens is 326 g/mol. The fraction of sp³-hybridized carbons (Fsp3) is 0.524. The number of nitrogens with one attached hydrogen (secondary N) is 1. The number of H-pyrrole nitrogens is 1. The highest BCUT2D eigenvalue weighted by atomic mass is 16.5. The van der Waals surface area contributed by atoms with Crippen molar-refractivity contribution in [3.05, 3.63) is 52.8 Å². The van der Waals surface area contributed by atoms with Crippen molar-refractivity contribution in [3.63, 3.8) is 0 Å². The summed E-state index contributed by atoms with van der Waals surface area (Å²) >= 11 is 0. The van der Waals surface area contributed by atoms with E-state index < -0.39 is 0 Å². The van der Waals surface area contributed by atoms with Crippen molar-refractivity contribution >= 4 is 5.91 Å². The Bertz CT molecular complexity index is 773. The van der Waals surface area contributed by atoms with Crippen LogP contribution in [0.1, 0.15) is 54.2 Å². The molecule has 5 nitrogen and oxygen atoms in total. The smallest absolute Gasteiger partial charge is 0.230 e. The van der Waals surface area contributed by atoms with Crippen LogP contribution in [0.25, 0.3) is 0 Å². The van der Waals surface area contributed by atoms with E-state index in [4.69, 9.17) is 4.74 Å². The average molecular weight is 353 g/mol. The third kappa shape index (κ3) is 2.65. The van der Waals surface area contributed by atoms with Crippen molar-refractivity contribution in [3.8, 4) is 0 Å². The number of nitrogens with zero attached hydrogens (tertiary/aromatic N) is 2. The van der Waals surface area contributed by atoms with Gasteiger partial charge in [0.2, 0.25) is 5.91 Å². The van der Waals surface area contributed by atoms with Gasteiger partial charge >= 0.3 is 0 Å². The topological polar surface area (TPSA) is 58.2 Å². The summed E-state index contributed by atoms with van der Waals surface area (Å²) in [6.45, 7) is 8.37. The van der Waals surface area contributed by atoms with E-state index in [1.165, 1.54) is 5.56 Å². The van der Waals surface area contributed by atoms with Crippen LogP contribution >= 0.6 is 0 Å². The van der Waals surface area contributed by atoms with Crippen LogP contribution in [0.4, 0.5) is 0 Å². The van der Waals surface area contributed by atoms with Gasteiger partial charge in [-0.15, -0.1) is 0 Å². The number of carbonyl (C=O) groups is 1. The lowest BCUT2D eigenvalue weighted by molar-refractivity contribution is -0.170. The first-order valence-corrected chi connectivity index (χ1v) is 9.48. The molecule has 1 N–H and O–H groups in total. The van der Waals surface area contributed by atoms with E-state index in [-0.39, 0.29) is 23.3 Å². The van der Waals surface area contributed by atoms with Crippen LogP contribution in [0, 0.1) is 19.3 Å². The minimum Gasteiger partial charge on any atom is -0.381 e. The first-order chi connectivity index (χ1) is 12.5. The molecule has 138 valence electrons. The van der Waals surface area contributed by atoms with Gasteiger partial charge in [0, 0.05) is 36.4 Å². The molecule has 4 rings (SSSR count). The van der Waals surface area contributed by atoms with E-state index >= 15 is 0 Å². The molecule has 0 radical (unpaired) electrons. The highest BCUT2D eigenvalue weighted by molar-refractivity contribution is 5.85. The highest BCUT2D eigenvalue weighted by Gasteiger charge is 2.55. The predicted octanol–water partition coefficient (Wildman–Crippen LogP) is 3.51. The number of aromatic amines is 1. The average Bonchev–Trinajstić information content (AvgIpc) is 2.99. The Morgan fingerprint density at radius 3 is 2.58 bits per heavy atom.